The molecule has 8 aromatic rings. The second-order valence-corrected chi connectivity index (χ2v) is 12.0. The lowest BCUT2D eigenvalue weighted by Crippen LogP contribution is -2.28. The number of hydrogen-bond acceptors (Lipinski definition) is 9. The first-order valence-corrected chi connectivity index (χ1v) is 16.5. The number of terminal acetylenes is 2. The van der Waals surface area contributed by atoms with Crippen LogP contribution in [0.25, 0.3) is 44.3 Å². The van der Waals surface area contributed by atoms with Gasteiger partial charge in [0.15, 0.2) is 17.3 Å². The lowest BCUT2D eigenvalue weighted by Gasteiger charge is -2.20. The third-order valence-electron chi connectivity index (χ3n) is 8.68. The number of nitrogens with one attached hydrogen (secondary N) is 2. The molecule has 13 heteroatoms. The van der Waals surface area contributed by atoms with Crippen molar-refractivity contribution in [1.82, 2.24) is 39.0 Å². The Kier molecular flexibility index (Phi) is 10.6. The van der Waals surface area contributed by atoms with Crippen LogP contribution in [0, 0.1) is 38.5 Å². The smallest absolute Gasteiger partial charge is 0.266 e. The summed E-state index contributed by atoms with van der Waals surface area (Å²) in [5, 5.41) is 4.35. The zero-order valence-corrected chi connectivity index (χ0v) is 30.0. The molecule has 0 aliphatic heterocycles. The number of anilines is 1. The molecule has 266 valence electrons. The first-order chi connectivity index (χ1) is 25.8. The van der Waals surface area contributed by atoms with E-state index < -0.39 is 12.1 Å². The molecule has 4 aromatic carbocycles. The van der Waals surface area contributed by atoms with E-state index in [1.807, 2.05) is 105 Å². The van der Waals surface area contributed by atoms with E-state index in [1.165, 1.54) is 17.2 Å². The van der Waals surface area contributed by atoms with Gasteiger partial charge in [-0.15, -0.1) is 25.3 Å². The molecule has 0 saturated heterocycles. The van der Waals surface area contributed by atoms with Gasteiger partial charge in [-0.1, -0.05) is 72.5 Å². The van der Waals surface area contributed by atoms with Crippen molar-refractivity contribution in [3.8, 4) is 36.1 Å². The van der Waals surface area contributed by atoms with E-state index in [9.17, 15) is 9.59 Å². The van der Waals surface area contributed by atoms with Crippen LogP contribution in [0.2, 0.25) is 0 Å². The molecule has 0 aliphatic carbocycles. The molecule has 4 aromatic heterocycles. The first kappa shape index (κ1) is 36.7. The Hall–Kier alpha value is -7.12. The third kappa shape index (κ3) is 6.78. The normalized spacial score (nSPS) is 11.8. The quantitative estimate of drug-likeness (QED) is 0.177. The van der Waals surface area contributed by atoms with Crippen LogP contribution in [-0.2, 0) is 0 Å². The predicted octanol–water partition coefficient (Wildman–Crippen LogP) is 5.90. The Balaban J connectivity index is 0.000000191. The van der Waals surface area contributed by atoms with Crippen LogP contribution < -0.4 is 22.2 Å². The van der Waals surface area contributed by atoms with Crippen molar-refractivity contribution in [3.05, 3.63) is 153 Å². The van der Waals surface area contributed by atoms with Crippen LogP contribution in [-0.4, -0.2) is 39.0 Å². The standard InChI is InChI=1S/C23H17N7O.C18H15N3O.ClH/c1-3-16(28-21-19-20(25-12-24-19)26-13-27-21)22-29-17-11-7-8-14(2)18(17)23(31)30(22)15-9-5-4-6-10-15;1-3-14(19)17-20-15-11-7-8-12(2)16(15)18(22)21(17)13-9-5-4-6-10-13;/h1,4-13,16H,2H3,(H2,24,25,26,27,28);1,4-11,14H,19H2,2H3;1H. The number of fused-ring (bicyclic) bond motifs is 3. The maximum Gasteiger partial charge on any atom is 0.266 e. The fourth-order valence-corrected chi connectivity index (χ4v) is 6.15. The van der Waals surface area contributed by atoms with Gasteiger partial charge in [-0.25, -0.2) is 24.9 Å². The van der Waals surface area contributed by atoms with E-state index >= 15 is 0 Å². The highest BCUT2D eigenvalue weighted by atomic mass is 35.5. The van der Waals surface area contributed by atoms with E-state index in [0.717, 1.165) is 11.1 Å². The van der Waals surface area contributed by atoms with Crippen LogP contribution >= 0.6 is 12.4 Å². The van der Waals surface area contributed by atoms with Crippen molar-refractivity contribution >= 4 is 51.2 Å². The average molecular weight is 733 g/mol. The molecule has 2 unspecified atom stereocenters. The number of aromatic nitrogens is 8. The molecular weight excluding hydrogens is 700 g/mol. The molecule has 4 heterocycles. The highest BCUT2D eigenvalue weighted by Crippen LogP contribution is 2.25. The Labute approximate surface area is 315 Å². The number of aryl methyl sites for hydroxylation is 2. The maximum absolute atomic E-state index is 13.6. The highest BCUT2D eigenvalue weighted by molar-refractivity contribution is 5.85. The van der Waals surface area contributed by atoms with Gasteiger partial charge in [0.25, 0.3) is 11.1 Å². The Morgan fingerprint density at radius 1 is 0.704 bits per heavy atom. The Morgan fingerprint density at radius 3 is 1.78 bits per heavy atom. The minimum Gasteiger partial charge on any atom is -0.348 e. The number of imidazole rings is 1. The van der Waals surface area contributed by atoms with Crippen molar-refractivity contribution < 1.29 is 0 Å². The summed E-state index contributed by atoms with van der Waals surface area (Å²) in [6.45, 7) is 3.79. The predicted molar refractivity (Wildman–Crippen MR) is 214 cm³/mol. The van der Waals surface area contributed by atoms with E-state index in [-0.39, 0.29) is 23.5 Å². The van der Waals surface area contributed by atoms with Crippen molar-refractivity contribution in [2.75, 3.05) is 5.32 Å². The van der Waals surface area contributed by atoms with E-state index in [0.29, 0.717) is 61.8 Å². The van der Waals surface area contributed by atoms with Gasteiger partial charge < -0.3 is 16.0 Å². The zero-order chi connectivity index (χ0) is 37.1. The van der Waals surface area contributed by atoms with Crippen molar-refractivity contribution in [1.29, 1.82) is 0 Å². The van der Waals surface area contributed by atoms with Gasteiger partial charge in [-0.05, 0) is 61.4 Å². The van der Waals surface area contributed by atoms with Gasteiger partial charge in [-0.2, -0.15) is 0 Å². The molecule has 8 rings (SSSR count). The summed E-state index contributed by atoms with van der Waals surface area (Å²) in [5.41, 5.74) is 11.1. The number of benzene rings is 4. The topological polar surface area (TPSA) is 162 Å². The van der Waals surface area contributed by atoms with E-state index in [4.69, 9.17) is 23.6 Å². The van der Waals surface area contributed by atoms with Crippen LogP contribution in [0.5, 0.6) is 0 Å². The molecule has 0 saturated carbocycles. The largest absolute Gasteiger partial charge is 0.348 e. The molecule has 0 aliphatic rings. The maximum atomic E-state index is 13.6. The second-order valence-electron chi connectivity index (χ2n) is 12.0. The van der Waals surface area contributed by atoms with Crippen molar-refractivity contribution in [2.45, 2.75) is 25.9 Å². The van der Waals surface area contributed by atoms with Crippen LogP contribution in [0.4, 0.5) is 5.82 Å². The molecule has 0 radical (unpaired) electrons. The number of halogens is 1. The lowest BCUT2D eigenvalue weighted by atomic mass is 10.1. The van der Waals surface area contributed by atoms with Gasteiger partial charge in [0.1, 0.15) is 29.8 Å². The zero-order valence-electron chi connectivity index (χ0n) is 29.1. The van der Waals surface area contributed by atoms with Crippen molar-refractivity contribution in [3.63, 3.8) is 0 Å². The number of aromatic amines is 1. The fraction of sp³-hybridized carbons (Fsp3) is 0.0976. The summed E-state index contributed by atoms with van der Waals surface area (Å²) in [6.07, 6.45) is 14.3. The lowest BCUT2D eigenvalue weighted by molar-refractivity contribution is 0.764. The van der Waals surface area contributed by atoms with Crippen LogP contribution in [0.15, 0.2) is 119 Å². The van der Waals surface area contributed by atoms with Gasteiger partial charge >= 0.3 is 0 Å². The number of hydrogen-bond donors (Lipinski definition) is 3. The number of rotatable bonds is 6. The van der Waals surface area contributed by atoms with Crippen LogP contribution in [0.3, 0.4) is 0 Å². The summed E-state index contributed by atoms with van der Waals surface area (Å²) in [6, 6.07) is 28.2. The Bertz CT molecular complexity index is 2840. The van der Waals surface area contributed by atoms with E-state index in [1.54, 1.807) is 10.6 Å². The number of H-pyrrole nitrogens is 1. The number of nitrogens with zero attached hydrogens (tertiary/aromatic N) is 7. The number of nitrogens with two attached hydrogens (primary N) is 1. The summed E-state index contributed by atoms with van der Waals surface area (Å²) >= 11 is 0. The van der Waals surface area contributed by atoms with Crippen molar-refractivity contribution in [2.24, 2.45) is 5.73 Å². The first-order valence-electron chi connectivity index (χ1n) is 16.5. The molecule has 0 spiro atoms. The minimum atomic E-state index is -0.752. The second kappa shape index (κ2) is 15.6. The average Bonchev–Trinajstić information content (AvgIpc) is 3.67. The SMILES string of the molecule is C#CC(N)c1nc2cccc(C)c2c(=O)n1-c1ccccc1.C#CC(Nc1ncnc2nc[nH]c12)c1nc2cccc(C)c2c(=O)n1-c1ccccc1.Cl. The molecule has 54 heavy (non-hydrogen) atoms. The summed E-state index contributed by atoms with van der Waals surface area (Å²) in [4.78, 5) is 51.5. The van der Waals surface area contributed by atoms with E-state index in [2.05, 4.69) is 42.1 Å². The molecular formula is C41H33ClN10O2. The molecule has 0 amide bonds. The summed E-state index contributed by atoms with van der Waals surface area (Å²) in [5.74, 6) is 6.41. The van der Waals surface area contributed by atoms with Gasteiger partial charge in [0.05, 0.1) is 39.5 Å². The van der Waals surface area contributed by atoms with Crippen LogP contribution in [0.1, 0.15) is 34.9 Å². The molecule has 2 atom stereocenters. The van der Waals surface area contributed by atoms with Gasteiger partial charge in [0, 0.05) is 0 Å². The molecule has 0 fully saturated rings. The highest BCUT2D eigenvalue weighted by Gasteiger charge is 2.22. The fourth-order valence-electron chi connectivity index (χ4n) is 6.15. The van der Waals surface area contributed by atoms with Gasteiger partial charge in [-0.3, -0.25) is 18.7 Å². The molecule has 0 bridgehead atoms. The summed E-state index contributed by atoms with van der Waals surface area (Å²) in [7, 11) is 0. The third-order valence-corrected chi connectivity index (χ3v) is 8.68. The number of para-hydroxylation sites is 2. The minimum absolute atomic E-state index is 0. The van der Waals surface area contributed by atoms with Gasteiger partial charge in [0.2, 0.25) is 0 Å². The molecule has 4 N–H and O–H groups in total. The molecule has 12 nitrogen and oxygen atoms in total. The monoisotopic (exact) mass is 732 g/mol. The Morgan fingerprint density at radius 2 is 1.24 bits per heavy atom. The summed E-state index contributed by atoms with van der Waals surface area (Å²) < 4.78 is 3.05.